The lowest BCUT2D eigenvalue weighted by Crippen LogP contribution is -2.35. The van der Waals surface area contributed by atoms with Gasteiger partial charge in [-0.3, -0.25) is 5.10 Å². The van der Waals surface area contributed by atoms with E-state index in [1.54, 1.807) is 24.3 Å². The average molecular weight is 340 g/mol. The number of hydrogen-bond acceptors (Lipinski definition) is 4. The Morgan fingerprint density at radius 1 is 1.24 bits per heavy atom. The van der Waals surface area contributed by atoms with Gasteiger partial charge < -0.3 is 15.8 Å². The van der Waals surface area contributed by atoms with Gasteiger partial charge in [0.25, 0.3) is 0 Å². The number of aromatic amines is 1. The Labute approximate surface area is 146 Å². The van der Waals surface area contributed by atoms with Crippen LogP contribution in [0.4, 0.5) is 4.39 Å². The number of ether oxygens (including phenoxy) is 1. The number of nitrogens with zero attached hydrogens (tertiary/aromatic N) is 1. The van der Waals surface area contributed by atoms with Gasteiger partial charge in [0.1, 0.15) is 5.75 Å². The molecule has 0 radical (unpaired) electrons. The van der Waals surface area contributed by atoms with E-state index in [1.807, 2.05) is 31.4 Å². The summed E-state index contributed by atoms with van der Waals surface area (Å²) in [6, 6.07) is 14.1. The van der Waals surface area contributed by atoms with Crippen molar-refractivity contribution in [3.05, 3.63) is 66.1 Å². The van der Waals surface area contributed by atoms with Gasteiger partial charge in [0.2, 0.25) is 0 Å². The molecule has 3 aromatic rings. The summed E-state index contributed by atoms with van der Waals surface area (Å²) in [6.45, 7) is 0.513. The molecule has 0 spiro atoms. The molecule has 1 heterocycles. The van der Waals surface area contributed by atoms with Crippen molar-refractivity contribution in [3.63, 3.8) is 0 Å². The van der Waals surface area contributed by atoms with Crippen LogP contribution in [0.2, 0.25) is 0 Å². The number of nitrogens with one attached hydrogen (secondary N) is 2. The number of nitrogens with two attached hydrogens (primary N) is 1. The molecule has 0 aliphatic rings. The number of para-hydroxylation sites is 1. The number of rotatable bonds is 7. The highest BCUT2D eigenvalue weighted by Gasteiger charge is 2.15. The normalized spacial score (nSPS) is 12.1. The average Bonchev–Trinajstić information content (AvgIpc) is 3.10. The molecule has 0 saturated heterocycles. The van der Waals surface area contributed by atoms with Gasteiger partial charge in [0, 0.05) is 24.3 Å². The molecule has 2 aromatic carbocycles. The second-order valence-corrected chi connectivity index (χ2v) is 5.74. The smallest absolute Gasteiger partial charge is 0.166 e. The van der Waals surface area contributed by atoms with Crippen LogP contribution in [0, 0.1) is 5.82 Å². The van der Waals surface area contributed by atoms with Crippen LogP contribution in [0.1, 0.15) is 5.56 Å². The van der Waals surface area contributed by atoms with Crippen LogP contribution in [0.5, 0.6) is 11.5 Å². The monoisotopic (exact) mass is 340 g/mol. The summed E-state index contributed by atoms with van der Waals surface area (Å²) in [6.07, 6.45) is 2.53. The minimum absolute atomic E-state index is 0.141. The zero-order chi connectivity index (χ0) is 17.6. The van der Waals surface area contributed by atoms with E-state index < -0.39 is 5.82 Å². The van der Waals surface area contributed by atoms with Crippen molar-refractivity contribution < 1.29 is 9.13 Å². The van der Waals surface area contributed by atoms with Crippen molar-refractivity contribution in [3.8, 4) is 22.8 Å². The first-order chi connectivity index (χ1) is 12.2. The molecule has 1 aromatic heterocycles. The topological polar surface area (TPSA) is 76.0 Å². The van der Waals surface area contributed by atoms with Crippen LogP contribution >= 0.6 is 0 Å². The summed E-state index contributed by atoms with van der Waals surface area (Å²) in [5.41, 5.74) is 8.14. The molecule has 0 aliphatic carbocycles. The zero-order valence-corrected chi connectivity index (χ0v) is 14.0. The number of hydrogen-bond donors (Lipinski definition) is 3. The zero-order valence-electron chi connectivity index (χ0n) is 14.0. The fraction of sp³-hybridized carbons (Fsp3) is 0.211. The molecule has 130 valence electrons. The maximum atomic E-state index is 14.5. The lowest BCUT2D eigenvalue weighted by atomic mass is 10.0. The number of H-pyrrole nitrogens is 1. The van der Waals surface area contributed by atoms with Crippen LogP contribution in [0.25, 0.3) is 11.3 Å². The molecular formula is C19H21FN4O. The molecule has 0 aliphatic heterocycles. The van der Waals surface area contributed by atoms with E-state index in [-0.39, 0.29) is 11.8 Å². The first-order valence-corrected chi connectivity index (χ1v) is 8.14. The highest BCUT2D eigenvalue weighted by molar-refractivity contribution is 5.64. The summed E-state index contributed by atoms with van der Waals surface area (Å²) in [5.74, 6) is 0.343. The third-order valence-corrected chi connectivity index (χ3v) is 4.05. The maximum Gasteiger partial charge on any atom is 0.166 e. The van der Waals surface area contributed by atoms with E-state index in [4.69, 9.17) is 10.5 Å². The second kappa shape index (κ2) is 7.92. The van der Waals surface area contributed by atoms with Gasteiger partial charge in [-0.15, -0.1) is 0 Å². The van der Waals surface area contributed by atoms with Gasteiger partial charge in [0.05, 0.1) is 5.69 Å². The van der Waals surface area contributed by atoms with Gasteiger partial charge >= 0.3 is 0 Å². The van der Waals surface area contributed by atoms with Crippen LogP contribution in [-0.4, -0.2) is 29.8 Å². The summed E-state index contributed by atoms with van der Waals surface area (Å²) in [5, 5.41) is 10.3. The lowest BCUT2D eigenvalue weighted by molar-refractivity contribution is 0.442. The fourth-order valence-corrected chi connectivity index (χ4v) is 2.64. The first-order valence-electron chi connectivity index (χ1n) is 8.14. The number of likely N-dealkylation sites (N-methyl/N-ethyl adjacent to an activating group) is 1. The highest BCUT2D eigenvalue weighted by atomic mass is 19.1. The van der Waals surface area contributed by atoms with Crippen molar-refractivity contribution in [2.45, 2.75) is 12.5 Å². The van der Waals surface area contributed by atoms with E-state index in [0.717, 1.165) is 11.3 Å². The SMILES string of the molecule is CNC(CN)Cc1c[nH]nc1-c1ccc(Oc2ccccc2)c(F)c1. The van der Waals surface area contributed by atoms with Crippen LogP contribution in [0.15, 0.2) is 54.7 Å². The fourth-order valence-electron chi connectivity index (χ4n) is 2.64. The van der Waals surface area contributed by atoms with Crippen LogP contribution in [-0.2, 0) is 6.42 Å². The van der Waals surface area contributed by atoms with Crippen molar-refractivity contribution >= 4 is 0 Å². The Hall–Kier alpha value is -2.70. The number of aromatic nitrogens is 2. The molecule has 0 bridgehead atoms. The Balaban J connectivity index is 1.83. The molecule has 3 rings (SSSR count). The van der Waals surface area contributed by atoms with E-state index in [9.17, 15) is 4.39 Å². The molecule has 4 N–H and O–H groups in total. The molecule has 0 amide bonds. The molecule has 0 fully saturated rings. The number of benzene rings is 2. The third-order valence-electron chi connectivity index (χ3n) is 4.05. The van der Waals surface area contributed by atoms with Crippen molar-refractivity contribution in [2.75, 3.05) is 13.6 Å². The summed E-state index contributed by atoms with van der Waals surface area (Å²) >= 11 is 0. The van der Waals surface area contributed by atoms with Gasteiger partial charge in [0.15, 0.2) is 11.6 Å². The maximum absolute atomic E-state index is 14.5. The quantitative estimate of drug-likeness (QED) is 0.618. The minimum Gasteiger partial charge on any atom is -0.454 e. The van der Waals surface area contributed by atoms with Crippen molar-refractivity contribution in [1.29, 1.82) is 0 Å². The molecule has 0 saturated carbocycles. The number of halogens is 1. The largest absolute Gasteiger partial charge is 0.454 e. The van der Waals surface area contributed by atoms with E-state index >= 15 is 0 Å². The minimum atomic E-state index is -0.431. The Morgan fingerprint density at radius 3 is 2.72 bits per heavy atom. The third kappa shape index (κ3) is 4.04. The standard InChI is InChI=1S/C19H21FN4O/c1-22-15(11-21)9-14-12-23-24-19(14)13-7-8-18(17(20)10-13)25-16-5-3-2-4-6-16/h2-8,10,12,15,22H,9,11,21H2,1H3,(H,23,24). The molecular weight excluding hydrogens is 319 g/mol. The van der Waals surface area contributed by atoms with E-state index in [2.05, 4.69) is 15.5 Å². The predicted molar refractivity (Wildman–Crippen MR) is 96.1 cm³/mol. The van der Waals surface area contributed by atoms with Crippen molar-refractivity contribution in [1.82, 2.24) is 15.5 Å². The molecule has 25 heavy (non-hydrogen) atoms. The first kappa shape index (κ1) is 17.1. The second-order valence-electron chi connectivity index (χ2n) is 5.74. The molecule has 1 atom stereocenters. The van der Waals surface area contributed by atoms with Crippen LogP contribution in [0.3, 0.4) is 0 Å². The Kier molecular flexibility index (Phi) is 5.42. The van der Waals surface area contributed by atoms with E-state index in [1.165, 1.54) is 6.07 Å². The van der Waals surface area contributed by atoms with Gasteiger partial charge in [-0.1, -0.05) is 18.2 Å². The summed E-state index contributed by atoms with van der Waals surface area (Å²) in [4.78, 5) is 0. The van der Waals surface area contributed by atoms with Gasteiger partial charge in [-0.25, -0.2) is 4.39 Å². The Bertz CT molecular complexity index is 815. The molecule has 5 nitrogen and oxygen atoms in total. The predicted octanol–water partition coefficient (Wildman–Crippen LogP) is 3.10. The summed E-state index contributed by atoms with van der Waals surface area (Å²) in [7, 11) is 1.87. The highest BCUT2D eigenvalue weighted by Crippen LogP contribution is 2.29. The van der Waals surface area contributed by atoms with Crippen molar-refractivity contribution in [2.24, 2.45) is 5.73 Å². The van der Waals surface area contributed by atoms with Crippen LogP contribution < -0.4 is 15.8 Å². The van der Waals surface area contributed by atoms with Gasteiger partial charge in [-0.05, 0) is 49.4 Å². The molecule has 6 heteroatoms. The summed E-state index contributed by atoms with van der Waals surface area (Å²) < 4.78 is 20.0. The Morgan fingerprint density at radius 2 is 2.04 bits per heavy atom. The molecule has 1 unspecified atom stereocenters. The van der Waals surface area contributed by atoms with Gasteiger partial charge in [-0.2, -0.15) is 5.10 Å². The van der Waals surface area contributed by atoms with E-state index in [0.29, 0.717) is 24.3 Å². The lowest BCUT2D eigenvalue weighted by Gasteiger charge is -2.13.